The Morgan fingerprint density at radius 1 is 1.33 bits per heavy atom. The number of rotatable bonds is 5. The molecule has 1 aromatic heterocycles. The fraction of sp³-hybridized carbons (Fsp3) is 0.312. The second-order valence-electron chi connectivity index (χ2n) is 5.40. The van der Waals surface area contributed by atoms with Gasteiger partial charge in [-0.3, -0.25) is 4.79 Å². The van der Waals surface area contributed by atoms with E-state index in [4.69, 9.17) is 4.74 Å². The molecule has 1 unspecified atom stereocenters. The predicted octanol–water partition coefficient (Wildman–Crippen LogP) is 2.51. The molecular formula is C16H16N2O4S2. The topological polar surface area (TPSA) is 88.5 Å². The summed E-state index contributed by atoms with van der Waals surface area (Å²) < 4.78 is 5.12. The lowest BCUT2D eigenvalue weighted by Crippen LogP contribution is -2.54. The van der Waals surface area contributed by atoms with E-state index in [1.54, 1.807) is 7.11 Å². The van der Waals surface area contributed by atoms with E-state index in [1.165, 1.54) is 29.3 Å². The van der Waals surface area contributed by atoms with Crippen molar-refractivity contribution >= 4 is 35.0 Å². The second kappa shape index (κ2) is 6.82. The second-order valence-corrected chi connectivity index (χ2v) is 7.54. The van der Waals surface area contributed by atoms with Crippen molar-refractivity contribution in [3.8, 4) is 16.3 Å². The van der Waals surface area contributed by atoms with Crippen molar-refractivity contribution in [2.75, 3.05) is 18.6 Å². The Labute approximate surface area is 147 Å². The van der Waals surface area contributed by atoms with E-state index in [9.17, 15) is 14.7 Å². The maximum absolute atomic E-state index is 12.4. The smallest absolute Gasteiger partial charge is 0.330 e. The van der Waals surface area contributed by atoms with E-state index in [-0.39, 0.29) is 0 Å². The summed E-state index contributed by atoms with van der Waals surface area (Å²) in [5.74, 6) is 0.484. The van der Waals surface area contributed by atoms with Crippen LogP contribution in [0.1, 0.15) is 16.1 Å². The summed E-state index contributed by atoms with van der Waals surface area (Å²) >= 11 is 2.77. The van der Waals surface area contributed by atoms with E-state index in [1.807, 2.05) is 24.3 Å². The summed E-state index contributed by atoms with van der Waals surface area (Å²) in [5.41, 5.74) is -0.296. The molecule has 6 nitrogen and oxygen atoms in total. The summed E-state index contributed by atoms with van der Waals surface area (Å²) in [4.78, 5) is 28.6. The van der Waals surface area contributed by atoms with Crippen molar-refractivity contribution < 1.29 is 19.4 Å². The highest BCUT2D eigenvalue weighted by molar-refractivity contribution is 7.99. The van der Waals surface area contributed by atoms with E-state index in [0.717, 1.165) is 17.1 Å². The number of aromatic nitrogens is 1. The Balaban J connectivity index is 1.77. The third kappa shape index (κ3) is 3.25. The van der Waals surface area contributed by atoms with E-state index < -0.39 is 17.4 Å². The average Bonchev–Trinajstić information content (AvgIpc) is 3.25. The number of benzene rings is 1. The van der Waals surface area contributed by atoms with Crippen LogP contribution in [-0.4, -0.2) is 46.1 Å². The molecule has 1 aliphatic heterocycles. The van der Waals surface area contributed by atoms with E-state index in [0.29, 0.717) is 22.1 Å². The van der Waals surface area contributed by atoms with Gasteiger partial charge in [0.25, 0.3) is 5.91 Å². The lowest BCUT2D eigenvalue weighted by molar-refractivity contribution is -0.143. The summed E-state index contributed by atoms with van der Waals surface area (Å²) in [7, 11) is 1.60. The van der Waals surface area contributed by atoms with Crippen LogP contribution in [0.4, 0.5) is 0 Å². The standard InChI is InChI=1S/C16H16N2O4S2/c1-22-11-4-2-10(3-5-11)14-17-8-12(24-14)13(19)18-16(15(20)21)6-7-23-9-16/h2-5,8H,6-7,9H2,1H3,(H,18,19)(H,20,21). The number of carbonyl (C=O) groups excluding carboxylic acids is 1. The van der Waals surface area contributed by atoms with Crippen LogP contribution in [0.5, 0.6) is 5.75 Å². The van der Waals surface area contributed by atoms with Gasteiger partial charge in [0.2, 0.25) is 0 Å². The van der Waals surface area contributed by atoms with Gasteiger partial charge in [0.05, 0.1) is 13.3 Å². The highest BCUT2D eigenvalue weighted by Gasteiger charge is 2.43. The highest BCUT2D eigenvalue weighted by atomic mass is 32.2. The minimum Gasteiger partial charge on any atom is -0.497 e. The van der Waals surface area contributed by atoms with Gasteiger partial charge in [-0.05, 0) is 36.4 Å². The van der Waals surface area contributed by atoms with Gasteiger partial charge in [-0.15, -0.1) is 11.3 Å². The molecule has 1 aromatic carbocycles. The van der Waals surface area contributed by atoms with Gasteiger partial charge in [0, 0.05) is 11.3 Å². The maximum atomic E-state index is 12.4. The molecule has 0 radical (unpaired) electrons. The summed E-state index contributed by atoms with van der Waals surface area (Å²) in [6.45, 7) is 0. The summed E-state index contributed by atoms with van der Waals surface area (Å²) in [6.07, 6.45) is 1.92. The molecule has 2 N–H and O–H groups in total. The number of carbonyl (C=O) groups is 2. The van der Waals surface area contributed by atoms with Crippen molar-refractivity contribution in [2.45, 2.75) is 12.0 Å². The molecule has 3 rings (SSSR count). The van der Waals surface area contributed by atoms with E-state index in [2.05, 4.69) is 10.3 Å². The van der Waals surface area contributed by atoms with Crippen molar-refractivity contribution in [1.82, 2.24) is 10.3 Å². The molecule has 1 aliphatic rings. The lowest BCUT2D eigenvalue weighted by atomic mass is 9.99. The average molecular weight is 364 g/mol. The molecule has 8 heteroatoms. The van der Waals surface area contributed by atoms with Crippen LogP contribution < -0.4 is 10.1 Å². The Bertz CT molecular complexity index is 752. The SMILES string of the molecule is COc1ccc(-c2ncc(C(=O)NC3(C(=O)O)CCSC3)s2)cc1. The number of carboxylic acid groups (broad SMARTS) is 1. The maximum Gasteiger partial charge on any atom is 0.330 e. The zero-order valence-electron chi connectivity index (χ0n) is 12.9. The van der Waals surface area contributed by atoms with Crippen LogP contribution >= 0.6 is 23.1 Å². The van der Waals surface area contributed by atoms with E-state index >= 15 is 0 Å². The molecule has 0 bridgehead atoms. The molecule has 24 heavy (non-hydrogen) atoms. The molecular weight excluding hydrogens is 348 g/mol. The highest BCUT2D eigenvalue weighted by Crippen LogP contribution is 2.30. The molecule has 2 aromatic rings. The van der Waals surface area contributed by atoms with Gasteiger partial charge in [0.15, 0.2) is 0 Å². The minimum atomic E-state index is -1.17. The largest absolute Gasteiger partial charge is 0.497 e. The first-order valence-electron chi connectivity index (χ1n) is 7.28. The number of hydrogen-bond acceptors (Lipinski definition) is 6. The lowest BCUT2D eigenvalue weighted by Gasteiger charge is -2.23. The Hall–Kier alpha value is -2.06. The predicted molar refractivity (Wildman–Crippen MR) is 93.9 cm³/mol. The van der Waals surface area contributed by atoms with Gasteiger partial charge in [-0.25, -0.2) is 9.78 Å². The molecule has 1 saturated heterocycles. The first kappa shape index (κ1) is 16.8. The Morgan fingerprint density at radius 2 is 2.08 bits per heavy atom. The van der Waals surface area contributed by atoms with Crippen LogP contribution in [0.3, 0.4) is 0 Å². The molecule has 1 atom stereocenters. The van der Waals surface area contributed by atoms with Crippen molar-refractivity contribution in [3.05, 3.63) is 35.3 Å². The molecule has 2 heterocycles. The first-order valence-corrected chi connectivity index (χ1v) is 9.25. The van der Waals surface area contributed by atoms with Crippen molar-refractivity contribution in [2.24, 2.45) is 0 Å². The number of carboxylic acids is 1. The van der Waals surface area contributed by atoms with Crippen LogP contribution in [0, 0.1) is 0 Å². The Morgan fingerprint density at radius 3 is 2.67 bits per heavy atom. The number of aliphatic carboxylic acids is 1. The minimum absolute atomic E-state index is 0.387. The number of thiazole rings is 1. The quantitative estimate of drug-likeness (QED) is 0.847. The van der Waals surface area contributed by atoms with Gasteiger partial charge in [0.1, 0.15) is 21.2 Å². The number of methoxy groups -OCH3 is 1. The zero-order valence-corrected chi connectivity index (χ0v) is 14.6. The van der Waals surface area contributed by atoms with Crippen LogP contribution in [0.2, 0.25) is 0 Å². The normalized spacial score (nSPS) is 19.9. The number of nitrogens with one attached hydrogen (secondary N) is 1. The van der Waals surface area contributed by atoms with Gasteiger partial charge >= 0.3 is 5.97 Å². The Kier molecular flexibility index (Phi) is 4.77. The third-order valence-corrected chi connectivity index (χ3v) is 6.09. The molecule has 0 aliphatic carbocycles. The molecule has 1 amide bonds. The number of thioether (sulfide) groups is 1. The van der Waals surface area contributed by atoms with Crippen LogP contribution in [0.25, 0.3) is 10.6 Å². The number of ether oxygens (including phenoxy) is 1. The van der Waals surface area contributed by atoms with Crippen LogP contribution in [-0.2, 0) is 4.79 Å². The zero-order chi connectivity index (χ0) is 17.2. The summed E-state index contributed by atoms with van der Waals surface area (Å²) in [5, 5.41) is 12.8. The molecule has 0 spiro atoms. The number of nitrogens with zero attached hydrogens (tertiary/aromatic N) is 1. The molecule has 0 saturated carbocycles. The molecule has 126 valence electrons. The number of hydrogen-bond donors (Lipinski definition) is 2. The van der Waals surface area contributed by atoms with Crippen LogP contribution in [0.15, 0.2) is 30.5 Å². The van der Waals surface area contributed by atoms with Gasteiger partial charge in [-0.1, -0.05) is 0 Å². The summed E-state index contributed by atoms with van der Waals surface area (Å²) in [6, 6.07) is 7.38. The van der Waals surface area contributed by atoms with Gasteiger partial charge in [-0.2, -0.15) is 11.8 Å². The third-order valence-electron chi connectivity index (χ3n) is 3.85. The first-order chi connectivity index (χ1) is 11.5. The fourth-order valence-corrected chi connectivity index (χ4v) is 4.55. The van der Waals surface area contributed by atoms with Gasteiger partial charge < -0.3 is 15.2 Å². The van der Waals surface area contributed by atoms with Crippen molar-refractivity contribution in [3.63, 3.8) is 0 Å². The number of amides is 1. The fourth-order valence-electron chi connectivity index (χ4n) is 2.41. The van der Waals surface area contributed by atoms with Crippen molar-refractivity contribution in [1.29, 1.82) is 0 Å². The monoisotopic (exact) mass is 364 g/mol. The molecule has 1 fully saturated rings.